The zero-order valence-corrected chi connectivity index (χ0v) is 12.2. The first-order chi connectivity index (χ1) is 10.3. The SMILES string of the molecule is Nc1c2c(cc(=O)n1-c1cc(F)c(F)cc1Br)C(=O)NC2=O. The van der Waals surface area contributed by atoms with Gasteiger partial charge >= 0.3 is 0 Å². The van der Waals surface area contributed by atoms with Crippen molar-refractivity contribution in [2.24, 2.45) is 0 Å². The molecule has 0 aliphatic carbocycles. The zero-order valence-electron chi connectivity index (χ0n) is 10.6. The fourth-order valence-corrected chi connectivity index (χ4v) is 2.70. The molecular formula is C13H6BrF2N3O3. The van der Waals surface area contributed by atoms with Gasteiger partial charge < -0.3 is 5.73 Å². The lowest BCUT2D eigenvalue weighted by atomic mass is 10.1. The Morgan fingerprint density at radius 2 is 1.68 bits per heavy atom. The summed E-state index contributed by atoms with van der Waals surface area (Å²) in [5.41, 5.74) is 4.62. The van der Waals surface area contributed by atoms with E-state index in [4.69, 9.17) is 5.73 Å². The highest BCUT2D eigenvalue weighted by atomic mass is 79.9. The molecule has 1 aromatic carbocycles. The lowest BCUT2D eigenvalue weighted by Gasteiger charge is -2.13. The minimum absolute atomic E-state index is 0.0601. The Bertz CT molecular complexity index is 924. The third-order valence-corrected chi connectivity index (χ3v) is 3.82. The van der Waals surface area contributed by atoms with Crippen LogP contribution < -0.4 is 16.6 Å². The van der Waals surface area contributed by atoms with Crippen LogP contribution in [-0.4, -0.2) is 16.4 Å². The Hall–Kier alpha value is -2.55. The van der Waals surface area contributed by atoms with Crippen molar-refractivity contribution in [1.29, 1.82) is 0 Å². The molecule has 22 heavy (non-hydrogen) atoms. The summed E-state index contributed by atoms with van der Waals surface area (Å²) in [6.45, 7) is 0. The van der Waals surface area contributed by atoms with Gasteiger partial charge in [-0.2, -0.15) is 0 Å². The Labute approximate surface area is 129 Å². The molecule has 2 amide bonds. The molecule has 9 heteroatoms. The van der Waals surface area contributed by atoms with Crippen molar-refractivity contribution in [3.8, 4) is 5.69 Å². The molecule has 0 bridgehead atoms. The monoisotopic (exact) mass is 369 g/mol. The Morgan fingerprint density at radius 3 is 2.36 bits per heavy atom. The lowest BCUT2D eigenvalue weighted by Crippen LogP contribution is -2.24. The number of nitrogens with two attached hydrogens (primary N) is 1. The van der Waals surface area contributed by atoms with Gasteiger partial charge in [0, 0.05) is 16.6 Å². The molecule has 0 unspecified atom stereocenters. The minimum atomic E-state index is -1.19. The van der Waals surface area contributed by atoms with Gasteiger partial charge in [-0.05, 0) is 22.0 Å². The summed E-state index contributed by atoms with van der Waals surface area (Å²) >= 11 is 3.00. The van der Waals surface area contributed by atoms with Crippen molar-refractivity contribution in [3.63, 3.8) is 0 Å². The van der Waals surface area contributed by atoms with E-state index < -0.39 is 29.0 Å². The van der Waals surface area contributed by atoms with Crippen LogP contribution >= 0.6 is 15.9 Å². The number of aromatic nitrogens is 1. The quantitative estimate of drug-likeness (QED) is 0.585. The molecule has 1 aliphatic rings. The first-order valence-electron chi connectivity index (χ1n) is 5.87. The number of carbonyl (C=O) groups excluding carboxylic acids is 2. The van der Waals surface area contributed by atoms with Crippen LogP contribution in [0.2, 0.25) is 0 Å². The predicted molar refractivity (Wildman–Crippen MR) is 75.9 cm³/mol. The number of hydrogen-bond acceptors (Lipinski definition) is 4. The Kier molecular flexibility index (Phi) is 3.10. The second kappa shape index (κ2) is 4.73. The summed E-state index contributed by atoms with van der Waals surface area (Å²) in [7, 11) is 0. The average Bonchev–Trinajstić information content (AvgIpc) is 2.70. The second-order valence-corrected chi connectivity index (χ2v) is 5.35. The zero-order chi connectivity index (χ0) is 16.2. The maximum Gasteiger partial charge on any atom is 0.262 e. The molecule has 1 aliphatic heterocycles. The topological polar surface area (TPSA) is 94.2 Å². The van der Waals surface area contributed by atoms with E-state index in [2.05, 4.69) is 15.9 Å². The molecule has 3 N–H and O–H groups in total. The largest absolute Gasteiger partial charge is 0.384 e. The molecule has 3 rings (SSSR count). The van der Waals surface area contributed by atoms with Crippen molar-refractivity contribution >= 4 is 33.6 Å². The van der Waals surface area contributed by atoms with Gasteiger partial charge in [0.15, 0.2) is 11.6 Å². The van der Waals surface area contributed by atoms with Gasteiger partial charge in [-0.3, -0.25) is 24.3 Å². The van der Waals surface area contributed by atoms with Crippen LogP contribution in [0.15, 0.2) is 27.5 Å². The fraction of sp³-hybridized carbons (Fsp3) is 0. The minimum Gasteiger partial charge on any atom is -0.384 e. The summed E-state index contributed by atoms with van der Waals surface area (Å²) < 4.78 is 27.5. The van der Waals surface area contributed by atoms with Crippen LogP contribution in [0.3, 0.4) is 0 Å². The molecule has 0 spiro atoms. The van der Waals surface area contributed by atoms with Crippen molar-refractivity contribution in [1.82, 2.24) is 9.88 Å². The van der Waals surface area contributed by atoms with Gasteiger partial charge in [-0.15, -0.1) is 0 Å². The molecule has 1 aromatic heterocycles. The number of pyridine rings is 1. The number of rotatable bonds is 1. The number of carbonyl (C=O) groups is 2. The van der Waals surface area contributed by atoms with E-state index in [-0.39, 0.29) is 27.1 Å². The molecule has 0 saturated heterocycles. The number of amides is 2. The molecular weight excluding hydrogens is 364 g/mol. The van der Waals surface area contributed by atoms with Gasteiger partial charge in [0.1, 0.15) is 5.82 Å². The molecule has 2 aromatic rings. The number of halogens is 3. The summed E-state index contributed by atoms with van der Waals surface area (Å²) in [5.74, 6) is -4.13. The van der Waals surface area contributed by atoms with Crippen LogP contribution in [-0.2, 0) is 0 Å². The maximum absolute atomic E-state index is 13.4. The number of fused-ring (bicyclic) bond motifs is 1. The summed E-state index contributed by atoms with van der Waals surface area (Å²) in [4.78, 5) is 35.4. The van der Waals surface area contributed by atoms with E-state index in [1.807, 2.05) is 5.32 Å². The Morgan fingerprint density at radius 1 is 1.05 bits per heavy atom. The number of nitrogen functional groups attached to an aromatic ring is 1. The lowest BCUT2D eigenvalue weighted by molar-refractivity contribution is 0.0880. The first-order valence-corrected chi connectivity index (χ1v) is 6.66. The smallest absolute Gasteiger partial charge is 0.262 e. The van der Waals surface area contributed by atoms with Crippen LogP contribution in [0.1, 0.15) is 20.7 Å². The third kappa shape index (κ3) is 1.93. The molecule has 6 nitrogen and oxygen atoms in total. The Balaban J connectivity index is 2.37. The van der Waals surface area contributed by atoms with Crippen molar-refractivity contribution in [2.45, 2.75) is 0 Å². The number of imide groups is 1. The highest BCUT2D eigenvalue weighted by molar-refractivity contribution is 9.10. The molecule has 112 valence electrons. The average molecular weight is 370 g/mol. The number of nitrogens with one attached hydrogen (secondary N) is 1. The standard InChI is InChI=1S/C13H6BrF2N3O3/c14-5-2-6(15)7(16)3-8(5)19-9(20)1-4-10(11(19)17)13(22)18-12(4)21/h1-3H,17H2,(H,18,21,22). The second-order valence-electron chi connectivity index (χ2n) is 4.49. The first kappa shape index (κ1) is 14.4. The van der Waals surface area contributed by atoms with E-state index in [1.54, 1.807) is 0 Å². The normalized spacial score (nSPS) is 13.2. The van der Waals surface area contributed by atoms with Crippen LogP contribution in [0.4, 0.5) is 14.6 Å². The molecule has 2 heterocycles. The number of anilines is 1. The van der Waals surface area contributed by atoms with Gasteiger partial charge in [-0.1, -0.05) is 0 Å². The van der Waals surface area contributed by atoms with E-state index in [0.717, 1.165) is 22.8 Å². The summed E-state index contributed by atoms with van der Waals surface area (Å²) in [5, 5.41) is 2.01. The van der Waals surface area contributed by atoms with Crippen LogP contribution in [0, 0.1) is 11.6 Å². The van der Waals surface area contributed by atoms with Crippen molar-refractivity contribution < 1.29 is 18.4 Å². The summed E-state index contributed by atoms with van der Waals surface area (Å²) in [6.07, 6.45) is 0. The van der Waals surface area contributed by atoms with E-state index in [1.165, 1.54) is 0 Å². The highest BCUT2D eigenvalue weighted by Crippen LogP contribution is 2.28. The fourth-order valence-electron chi connectivity index (χ4n) is 2.21. The third-order valence-electron chi connectivity index (χ3n) is 3.18. The van der Waals surface area contributed by atoms with Gasteiger partial charge in [-0.25, -0.2) is 8.78 Å². The van der Waals surface area contributed by atoms with Crippen LogP contribution in [0.5, 0.6) is 0 Å². The van der Waals surface area contributed by atoms with Crippen LogP contribution in [0.25, 0.3) is 5.69 Å². The van der Waals surface area contributed by atoms with Gasteiger partial charge in [0.25, 0.3) is 17.4 Å². The number of nitrogens with zero attached hydrogens (tertiary/aromatic N) is 1. The highest BCUT2D eigenvalue weighted by Gasteiger charge is 2.32. The van der Waals surface area contributed by atoms with E-state index in [9.17, 15) is 23.2 Å². The molecule has 0 fully saturated rings. The number of hydrogen-bond donors (Lipinski definition) is 2. The summed E-state index contributed by atoms with van der Waals surface area (Å²) in [6, 6.07) is 2.51. The number of benzene rings is 1. The molecule has 0 atom stereocenters. The van der Waals surface area contributed by atoms with Gasteiger partial charge in [0.2, 0.25) is 0 Å². The van der Waals surface area contributed by atoms with E-state index >= 15 is 0 Å². The molecule has 0 radical (unpaired) electrons. The van der Waals surface area contributed by atoms with E-state index in [0.29, 0.717) is 0 Å². The van der Waals surface area contributed by atoms with Crippen molar-refractivity contribution in [2.75, 3.05) is 5.73 Å². The predicted octanol–water partition coefficient (Wildman–Crippen LogP) is 1.34. The molecule has 0 saturated carbocycles. The van der Waals surface area contributed by atoms with Crippen molar-refractivity contribution in [3.05, 3.63) is 55.8 Å². The van der Waals surface area contributed by atoms with Gasteiger partial charge in [0.05, 0.1) is 16.8 Å². The maximum atomic E-state index is 13.4.